The lowest BCUT2D eigenvalue weighted by Gasteiger charge is -2.21. The van der Waals surface area contributed by atoms with Gasteiger partial charge in [0.2, 0.25) is 0 Å². The monoisotopic (exact) mass is 393 g/mol. The minimum absolute atomic E-state index is 0.348. The molecule has 0 saturated carbocycles. The van der Waals surface area contributed by atoms with E-state index >= 15 is 0 Å². The van der Waals surface area contributed by atoms with Gasteiger partial charge in [0, 0.05) is 11.1 Å². The summed E-state index contributed by atoms with van der Waals surface area (Å²) in [6.07, 6.45) is -0.478. The maximum atomic E-state index is 12.2. The van der Waals surface area contributed by atoms with E-state index in [1.165, 1.54) is 0 Å². The first-order chi connectivity index (χ1) is 13.8. The quantitative estimate of drug-likeness (QED) is 0.560. The number of benzene rings is 2. The fourth-order valence-corrected chi connectivity index (χ4v) is 2.97. The minimum Gasteiger partial charge on any atom is -0.497 e. The number of ether oxygens (including phenoxy) is 2. The van der Waals surface area contributed by atoms with Crippen molar-refractivity contribution < 1.29 is 18.7 Å². The maximum Gasteiger partial charge on any atom is 0.408 e. The van der Waals surface area contributed by atoms with Crippen LogP contribution in [0.1, 0.15) is 39.5 Å². The van der Waals surface area contributed by atoms with Crippen LogP contribution in [-0.4, -0.2) is 18.8 Å². The molecule has 152 valence electrons. The maximum absolute atomic E-state index is 12.2. The van der Waals surface area contributed by atoms with E-state index in [1.807, 2.05) is 88.4 Å². The number of rotatable bonds is 5. The first kappa shape index (κ1) is 20.5. The van der Waals surface area contributed by atoms with Crippen molar-refractivity contribution in [3.63, 3.8) is 0 Å². The molecule has 0 aliphatic rings. The van der Waals surface area contributed by atoms with E-state index in [-0.39, 0.29) is 6.04 Å². The van der Waals surface area contributed by atoms with Crippen LogP contribution in [0.5, 0.6) is 5.75 Å². The molecule has 0 radical (unpaired) electrons. The molecule has 1 heterocycles. The second kappa shape index (κ2) is 8.43. The Bertz CT molecular complexity index is 953. The lowest BCUT2D eigenvalue weighted by molar-refractivity contribution is 0.0502. The lowest BCUT2D eigenvalue weighted by atomic mass is 10.0. The summed E-state index contributed by atoms with van der Waals surface area (Å²) >= 11 is 0. The molecule has 0 aliphatic heterocycles. The van der Waals surface area contributed by atoms with Gasteiger partial charge in [-0.2, -0.15) is 0 Å². The molecule has 0 spiro atoms. The smallest absolute Gasteiger partial charge is 0.408 e. The van der Waals surface area contributed by atoms with Gasteiger partial charge < -0.3 is 19.2 Å². The predicted octanol–water partition coefficient (Wildman–Crippen LogP) is 6.21. The number of carbonyl (C=O) groups is 1. The van der Waals surface area contributed by atoms with Gasteiger partial charge in [0.25, 0.3) is 0 Å². The van der Waals surface area contributed by atoms with Crippen molar-refractivity contribution in [1.82, 2.24) is 5.32 Å². The molecule has 1 aromatic heterocycles. The van der Waals surface area contributed by atoms with Crippen molar-refractivity contribution in [3.05, 3.63) is 66.4 Å². The molecule has 1 amide bonds. The van der Waals surface area contributed by atoms with E-state index in [0.717, 1.165) is 28.2 Å². The van der Waals surface area contributed by atoms with E-state index in [4.69, 9.17) is 13.9 Å². The zero-order valence-corrected chi connectivity index (χ0v) is 17.5. The van der Waals surface area contributed by atoms with E-state index in [2.05, 4.69) is 5.32 Å². The number of hydrogen-bond acceptors (Lipinski definition) is 4. The third kappa shape index (κ3) is 5.19. The summed E-state index contributed by atoms with van der Waals surface area (Å²) in [5.41, 5.74) is 2.36. The van der Waals surface area contributed by atoms with Crippen LogP contribution in [0.15, 0.2) is 65.1 Å². The molecular formula is C24H27NO4. The Hall–Kier alpha value is -3.21. The molecule has 1 N–H and O–H groups in total. The van der Waals surface area contributed by atoms with E-state index in [1.54, 1.807) is 7.11 Å². The first-order valence-electron chi connectivity index (χ1n) is 9.60. The number of nitrogens with one attached hydrogen (secondary N) is 1. The van der Waals surface area contributed by atoms with Gasteiger partial charge in [-0.3, -0.25) is 0 Å². The highest BCUT2D eigenvalue weighted by molar-refractivity contribution is 5.80. The van der Waals surface area contributed by atoms with Crippen molar-refractivity contribution in [2.75, 3.05) is 7.11 Å². The molecule has 3 aromatic rings. The van der Waals surface area contributed by atoms with Gasteiger partial charge in [-0.15, -0.1) is 0 Å². The molecule has 3 rings (SSSR count). The van der Waals surface area contributed by atoms with E-state index in [9.17, 15) is 4.79 Å². The van der Waals surface area contributed by atoms with Gasteiger partial charge in [-0.05, 0) is 51.5 Å². The van der Waals surface area contributed by atoms with Crippen LogP contribution >= 0.6 is 0 Å². The second-order valence-electron chi connectivity index (χ2n) is 7.85. The van der Waals surface area contributed by atoms with Gasteiger partial charge in [-0.25, -0.2) is 4.79 Å². The Balaban J connectivity index is 1.95. The van der Waals surface area contributed by atoms with Crippen LogP contribution in [0, 0.1) is 0 Å². The van der Waals surface area contributed by atoms with E-state index in [0.29, 0.717) is 5.76 Å². The molecule has 1 atom stereocenters. The largest absolute Gasteiger partial charge is 0.497 e. The number of methoxy groups -OCH3 is 1. The molecule has 5 heteroatoms. The van der Waals surface area contributed by atoms with Crippen molar-refractivity contribution >= 4 is 6.09 Å². The van der Waals surface area contributed by atoms with Crippen LogP contribution in [0.3, 0.4) is 0 Å². The molecule has 29 heavy (non-hydrogen) atoms. The van der Waals surface area contributed by atoms with Gasteiger partial charge in [0.1, 0.15) is 22.9 Å². The molecule has 2 aromatic carbocycles. The molecule has 0 saturated heterocycles. The fourth-order valence-electron chi connectivity index (χ4n) is 2.97. The topological polar surface area (TPSA) is 60.7 Å². The zero-order chi connectivity index (χ0) is 21.0. The van der Waals surface area contributed by atoms with Crippen molar-refractivity contribution in [1.29, 1.82) is 0 Å². The molecule has 5 nitrogen and oxygen atoms in total. The number of carbonyl (C=O) groups excluding carboxylic acids is 1. The Morgan fingerprint density at radius 3 is 2.24 bits per heavy atom. The van der Waals surface area contributed by atoms with Gasteiger partial charge in [0.05, 0.1) is 13.2 Å². The first-order valence-corrected chi connectivity index (χ1v) is 9.60. The summed E-state index contributed by atoms with van der Waals surface area (Å²) < 4.78 is 16.8. The Morgan fingerprint density at radius 2 is 1.66 bits per heavy atom. The van der Waals surface area contributed by atoms with Crippen molar-refractivity contribution in [2.45, 2.75) is 39.3 Å². The summed E-state index contributed by atoms with van der Waals surface area (Å²) in [5, 5.41) is 2.84. The van der Waals surface area contributed by atoms with E-state index < -0.39 is 11.7 Å². The Morgan fingerprint density at radius 1 is 1.00 bits per heavy atom. The highest BCUT2D eigenvalue weighted by atomic mass is 16.6. The molecule has 0 bridgehead atoms. The number of amides is 1. The Labute approximate surface area is 171 Å². The molecular weight excluding hydrogens is 366 g/mol. The normalized spacial score (nSPS) is 12.3. The second-order valence-corrected chi connectivity index (χ2v) is 7.85. The van der Waals surface area contributed by atoms with Gasteiger partial charge >= 0.3 is 6.09 Å². The van der Waals surface area contributed by atoms with Crippen molar-refractivity contribution in [3.8, 4) is 28.2 Å². The number of hydrogen-bond donors (Lipinski definition) is 1. The molecule has 0 aliphatic carbocycles. The highest BCUT2D eigenvalue weighted by Gasteiger charge is 2.22. The van der Waals surface area contributed by atoms with Gasteiger partial charge in [0.15, 0.2) is 0 Å². The summed E-state index contributed by atoms with van der Waals surface area (Å²) in [4.78, 5) is 12.2. The Kier molecular flexibility index (Phi) is 5.97. The average molecular weight is 393 g/mol. The van der Waals surface area contributed by atoms with Gasteiger partial charge in [-0.1, -0.05) is 42.5 Å². The summed E-state index contributed by atoms with van der Waals surface area (Å²) in [6.45, 7) is 7.37. The summed E-state index contributed by atoms with van der Waals surface area (Å²) in [5.74, 6) is 2.20. The SMILES string of the molecule is COc1ccc(-c2cc([C@H](C)NC(=O)OC(C)(C)C)oc2-c2ccccc2)cc1. The molecule has 0 fully saturated rings. The standard InChI is InChI=1S/C24H27NO4/c1-16(25-23(26)29-24(2,3)4)21-15-20(17-11-13-19(27-5)14-12-17)22(28-21)18-9-7-6-8-10-18/h6-16H,1-5H3,(H,25,26)/t16-/m0/s1. The predicted molar refractivity (Wildman–Crippen MR) is 114 cm³/mol. The van der Waals surface area contributed by atoms with Crippen molar-refractivity contribution in [2.24, 2.45) is 0 Å². The number of furan rings is 1. The fraction of sp³-hybridized carbons (Fsp3) is 0.292. The minimum atomic E-state index is -0.559. The van der Waals surface area contributed by atoms with Crippen LogP contribution in [0.4, 0.5) is 4.79 Å². The molecule has 0 unspecified atom stereocenters. The zero-order valence-electron chi connectivity index (χ0n) is 17.5. The summed E-state index contributed by atoms with van der Waals surface area (Å²) in [7, 11) is 1.64. The average Bonchev–Trinajstić information content (AvgIpc) is 3.13. The highest BCUT2D eigenvalue weighted by Crippen LogP contribution is 2.37. The van der Waals surface area contributed by atoms with Crippen LogP contribution in [0.25, 0.3) is 22.5 Å². The third-order valence-electron chi connectivity index (χ3n) is 4.35. The van der Waals surface area contributed by atoms with Crippen LogP contribution in [0.2, 0.25) is 0 Å². The van der Waals surface area contributed by atoms with Crippen LogP contribution in [-0.2, 0) is 4.74 Å². The lowest BCUT2D eigenvalue weighted by Crippen LogP contribution is -2.33. The number of alkyl carbamates (subject to hydrolysis) is 1. The third-order valence-corrected chi connectivity index (χ3v) is 4.35. The summed E-state index contributed by atoms with van der Waals surface area (Å²) in [6, 6.07) is 19.3. The van der Waals surface area contributed by atoms with Crippen LogP contribution < -0.4 is 10.1 Å².